The first-order valence-electron chi connectivity index (χ1n) is 5.92. The highest BCUT2D eigenvalue weighted by Crippen LogP contribution is 2.13. The molecule has 0 aliphatic rings. The zero-order valence-electron chi connectivity index (χ0n) is 10.3. The summed E-state index contributed by atoms with van der Waals surface area (Å²) >= 11 is 7.39. The average molecular weight is 278 g/mol. The molecule has 0 saturated carbocycles. The number of alkyl halides is 1. The summed E-state index contributed by atoms with van der Waals surface area (Å²) in [6, 6.07) is 0. The Morgan fingerprint density at radius 2 is 2.06 bits per heavy atom. The van der Waals surface area contributed by atoms with Crippen LogP contribution in [0, 0.1) is 0 Å². The molecule has 0 saturated heterocycles. The summed E-state index contributed by atoms with van der Waals surface area (Å²) in [6.45, 7) is 2.40. The minimum Gasteiger partial charge on any atom is -0.385 e. The maximum absolute atomic E-state index is 5.70. The van der Waals surface area contributed by atoms with Gasteiger partial charge in [0.05, 0.1) is 16.6 Å². The van der Waals surface area contributed by atoms with Crippen LogP contribution in [0.4, 0.5) is 0 Å². The van der Waals surface area contributed by atoms with Crippen molar-refractivity contribution in [1.82, 2.24) is 4.98 Å². The summed E-state index contributed by atoms with van der Waals surface area (Å²) in [6.07, 6.45) is 4.22. The quantitative estimate of drug-likeness (QED) is 0.486. The molecule has 98 valence electrons. The molecule has 0 spiro atoms. The van der Waals surface area contributed by atoms with Gasteiger partial charge in [0.25, 0.3) is 0 Å². The molecule has 1 aromatic heterocycles. The van der Waals surface area contributed by atoms with Crippen molar-refractivity contribution in [3.8, 4) is 0 Å². The van der Waals surface area contributed by atoms with Gasteiger partial charge in [0, 0.05) is 32.3 Å². The van der Waals surface area contributed by atoms with Crippen molar-refractivity contribution in [3.05, 3.63) is 16.1 Å². The van der Waals surface area contributed by atoms with E-state index in [1.54, 1.807) is 18.4 Å². The van der Waals surface area contributed by atoms with Crippen LogP contribution in [0.3, 0.4) is 0 Å². The topological polar surface area (TPSA) is 31.4 Å². The zero-order valence-corrected chi connectivity index (χ0v) is 11.9. The van der Waals surface area contributed by atoms with E-state index in [0.717, 1.165) is 51.2 Å². The van der Waals surface area contributed by atoms with Gasteiger partial charge in [-0.1, -0.05) is 0 Å². The number of aromatic nitrogens is 1. The molecule has 0 fully saturated rings. The van der Waals surface area contributed by atoms with Crippen molar-refractivity contribution in [2.45, 2.75) is 31.6 Å². The lowest BCUT2D eigenvalue weighted by Gasteiger charge is -2.02. The van der Waals surface area contributed by atoms with Gasteiger partial charge in [-0.3, -0.25) is 0 Å². The second kappa shape index (κ2) is 9.83. The maximum atomic E-state index is 5.70. The molecule has 0 aliphatic heterocycles. The molecule has 1 rings (SSSR count). The summed E-state index contributed by atoms with van der Waals surface area (Å²) in [7, 11) is 1.71. The van der Waals surface area contributed by atoms with Crippen molar-refractivity contribution >= 4 is 22.9 Å². The van der Waals surface area contributed by atoms with Crippen LogP contribution in [0.25, 0.3) is 0 Å². The van der Waals surface area contributed by atoms with Crippen LogP contribution < -0.4 is 0 Å². The number of methoxy groups -OCH3 is 1. The van der Waals surface area contributed by atoms with Gasteiger partial charge in [0.2, 0.25) is 0 Å². The summed E-state index contributed by atoms with van der Waals surface area (Å²) < 4.78 is 10.4. The molecule has 3 nitrogen and oxygen atoms in total. The lowest BCUT2D eigenvalue weighted by atomic mass is 10.2. The fraction of sp³-hybridized carbons (Fsp3) is 0.750. The number of ether oxygens (including phenoxy) is 2. The minimum absolute atomic E-state index is 0.513. The average Bonchev–Trinajstić information content (AvgIpc) is 2.80. The first-order valence-corrected chi connectivity index (χ1v) is 7.34. The van der Waals surface area contributed by atoms with E-state index >= 15 is 0 Å². The van der Waals surface area contributed by atoms with E-state index in [0.29, 0.717) is 5.88 Å². The van der Waals surface area contributed by atoms with Crippen LogP contribution in [0.5, 0.6) is 0 Å². The minimum atomic E-state index is 0.513. The van der Waals surface area contributed by atoms with Gasteiger partial charge < -0.3 is 9.47 Å². The number of nitrogens with zero attached hydrogens (tertiary/aromatic N) is 1. The van der Waals surface area contributed by atoms with Gasteiger partial charge in [0.15, 0.2) is 0 Å². The SMILES string of the molecule is COCCCOCCCCc1nc(CCl)cs1. The molecular formula is C12H20ClNO2S. The van der Waals surface area contributed by atoms with Gasteiger partial charge in [-0.15, -0.1) is 22.9 Å². The second-order valence-electron chi connectivity index (χ2n) is 3.78. The van der Waals surface area contributed by atoms with Gasteiger partial charge in [-0.25, -0.2) is 4.98 Å². The normalized spacial score (nSPS) is 10.9. The summed E-state index contributed by atoms with van der Waals surface area (Å²) in [5, 5.41) is 3.21. The summed E-state index contributed by atoms with van der Waals surface area (Å²) in [4.78, 5) is 4.42. The molecule has 0 unspecified atom stereocenters. The van der Waals surface area contributed by atoms with Crippen LogP contribution in [-0.4, -0.2) is 31.9 Å². The molecule has 1 heterocycles. The molecule has 0 N–H and O–H groups in total. The number of halogens is 1. The Balaban J connectivity index is 1.93. The zero-order chi connectivity index (χ0) is 12.3. The number of thiazole rings is 1. The highest BCUT2D eigenvalue weighted by molar-refractivity contribution is 7.09. The van der Waals surface area contributed by atoms with E-state index in [-0.39, 0.29) is 0 Å². The largest absolute Gasteiger partial charge is 0.385 e. The highest BCUT2D eigenvalue weighted by atomic mass is 35.5. The lowest BCUT2D eigenvalue weighted by molar-refractivity contribution is 0.100. The Kier molecular flexibility index (Phi) is 8.61. The summed E-state index contributed by atoms with van der Waals surface area (Å²) in [5.74, 6) is 0.513. The molecule has 0 aliphatic carbocycles. The number of unbranched alkanes of at least 4 members (excludes halogenated alkanes) is 1. The molecule has 0 atom stereocenters. The highest BCUT2D eigenvalue weighted by Gasteiger charge is 2.00. The molecule has 17 heavy (non-hydrogen) atoms. The molecule has 5 heteroatoms. The van der Waals surface area contributed by atoms with E-state index in [9.17, 15) is 0 Å². The predicted molar refractivity (Wildman–Crippen MR) is 71.9 cm³/mol. The molecule has 0 bridgehead atoms. The number of rotatable bonds is 10. The van der Waals surface area contributed by atoms with Crippen molar-refractivity contribution in [2.75, 3.05) is 26.9 Å². The Morgan fingerprint density at radius 3 is 2.76 bits per heavy atom. The Morgan fingerprint density at radius 1 is 1.24 bits per heavy atom. The Hall–Kier alpha value is -0.160. The van der Waals surface area contributed by atoms with Gasteiger partial charge in [0.1, 0.15) is 0 Å². The monoisotopic (exact) mass is 277 g/mol. The number of aryl methyl sites for hydroxylation is 1. The van der Waals surface area contributed by atoms with Gasteiger partial charge >= 0.3 is 0 Å². The van der Waals surface area contributed by atoms with E-state index in [2.05, 4.69) is 4.98 Å². The third kappa shape index (κ3) is 6.99. The van der Waals surface area contributed by atoms with Crippen molar-refractivity contribution < 1.29 is 9.47 Å². The molecule has 0 radical (unpaired) electrons. The van der Waals surface area contributed by atoms with Crippen LogP contribution in [0.1, 0.15) is 30.0 Å². The van der Waals surface area contributed by atoms with Crippen LogP contribution in [0.15, 0.2) is 5.38 Å². The van der Waals surface area contributed by atoms with Crippen LogP contribution >= 0.6 is 22.9 Å². The fourth-order valence-electron chi connectivity index (χ4n) is 1.41. The smallest absolute Gasteiger partial charge is 0.0928 e. The molecule has 1 aromatic rings. The van der Waals surface area contributed by atoms with E-state index < -0.39 is 0 Å². The van der Waals surface area contributed by atoms with Crippen LogP contribution in [-0.2, 0) is 21.8 Å². The fourth-order valence-corrected chi connectivity index (χ4v) is 2.48. The van der Waals surface area contributed by atoms with Crippen molar-refractivity contribution in [2.24, 2.45) is 0 Å². The van der Waals surface area contributed by atoms with Crippen molar-refractivity contribution in [1.29, 1.82) is 0 Å². The first kappa shape index (κ1) is 14.9. The third-order valence-electron chi connectivity index (χ3n) is 2.30. The molecule has 0 amide bonds. The van der Waals surface area contributed by atoms with Gasteiger partial charge in [-0.05, 0) is 25.7 Å². The summed E-state index contributed by atoms with van der Waals surface area (Å²) in [5.41, 5.74) is 0.988. The maximum Gasteiger partial charge on any atom is 0.0928 e. The van der Waals surface area contributed by atoms with E-state index in [1.165, 1.54) is 5.01 Å². The molecule has 0 aromatic carbocycles. The van der Waals surface area contributed by atoms with Crippen molar-refractivity contribution in [3.63, 3.8) is 0 Å². The number of hydrogen-bond acceptors (Lipinski definition) is 4. The van der Waals surface area contributed by atoms with E-state index in [4.69, 9.17) is 21.1 Å². The Bertz CT molecular complexity index is 294. The van der Waals surface area contributed by atoms with Gasteiger partial charge in [-0.2, -0.15) is 0 Å². The lowest BCUT2D eigenvalue weighted by Crippen LogP contribution is -2.00. The third-order valence-corrected chi connectivity index (χ3v) is 3.53. The standard InChI is InChI=1S/C12H20ClNO2S/c1-15-6-4-8-16-7-3-2-5-12-14-11(9-13)10-17-12/h10H,2-9H2,1H3. The van der Waals surface area contributed by atoms with E-state index in [1.807, 2.05) is 5.38 Å². The predicted octanol–water partition coefficient (Wildman–Crippen LogP) is 3.26. The second-order valence-corrected chi connectivity index (χ2v) is 4.99. The van der Waals surface area contributed by atoms with Crippen LogP contribution in [0.2, 0.25) is 0 Å². The number of hydrogen-bond donors (Lipinski definition) is 0. The Labute approximate surface area is 112 Å². The first-order chi connectivity index (χ1) is 8.36. The molecular weight excluding hydrogens is 258 g/mol.